The van der Waals surface area contributed by atoms with Gasteiger partial charge in [-0.1, -0.05) is 24.3 Å². The van der Waals surface area contributed by atoms with Crippen LogP contribution in [0.4, 0.5) is 5.69 Å². The molecule has 0 radical (unpaired) electrons. The highest BCUT2D eigenvalue weighted by Crippen LogP contribution is 2.30. The van der Waals surface area contributed by atoms with Gasteiger partial charge in [0, 0.05) is 17.4 Å². The second-order valence-corrected chi connectivity index (χ2v) is 7.26. The minimum Gasteiger partial charge on any atom is -0.497 e. The van der Waals surface area contributed by atoms with Gasteiger partial charge < -0.3 is 15.0 Å². The number of hydrogen-bond acceptors (Lipinski definition) is 4. The summed E-state index contributed by atoms with van der Waals surface area (Å²) < 4.78 is 6.82. The van der Waals surface area contributed by atoms with Gasteiger partial charge in [0.1, 0.15) is 11.4 Å². The van der Waals surface area contributed by atoms with Gasteiger partial charge in [0.2, 0.25) is 0 Å². The molecule has 1 amide bonds. The highest BCUT2D eigenvalue weighted by molar-refractivity contribution is 6.09. The molecule has 0 saturated carbocycles. The molecule has 7 nitrogen and oxygen atoms in total. The predicted molar refractivity (Wildman–Crippen MR) is 116 cm³/mol. The molecular formula is C23H22N4O3. The number of methoxy groups -OCH3 is 1. The first-order chi connectivity index (χ1) is 14.4. The van der Waals surface area contributed by atoms with E-state index in [2.05, 4.69) is 15.4 Å². The molecule has 4 aromatic rings. The maximum atomic E-state index is 13.3. The number of carbonyl (C=O) groups is 1. The van der Waals surface area contributed by atoms with Gasteiger partial charge in [0.15, 0.2) is 5.69 Å². The number of fused-ring (bicyclic) bond motifs is 1. The van der Waals surface area contributed by atoms with Crippen LogP contribution >= 0.6 is 0 Å². The van der Waals surface area contributed by atoms with Crippen LogP contribution in [0.1, 0.15) is 27.3 Å². The van der Waals surface area contributed by atoms with Crippen molar-refractivity contribution in [2.75, 3.05) is 12.4 Å². The number of hydrogen-bond donors (Lipinski definition) is 2. The van der Waals surface area contributed by atoms with E-state index in [9.17, 15) is 9.59 Å². The Bertz CT molecular complexity index is 1320. The van der Waals surface area contributed by atoms with Gasteiger partial charge in [-0.3, -0.25) is 9.59 Å². The molecule has 152 valence electrons. The van der Waals surface area contributed by atoms with Crippen molar-refractivity contribution in [3.63, 3.8) is 0 Å². The lowest BCUT2D eigenvalue weighted by molar-refractivity contribution is 0.102. The lowest BCUT2D eigenvalue weighted by Gasteiger charge is -2.09. The van der Waals surface area contributed by atoms with Gasteiger partial charge in [-0.25, -0.2) is 4.52 Å². The largest absolute Gasteiger partial charge is 0.497 e. The summed E-state index contributed by atoms with van der Waals surface area (Å²) in [4.78, 5) is 28.2. The van der Waals surface area contributed by atoms with E-state index in [0.717, 1.165) is 22.4 Å². The molecular weight excluding hydrogens is 380 g/mol. The summed E-state index contributed by atoms with van der Waals surface area (Å²) in [5.41, 5.74) is 5.10. The van der Waals surface area contributed by atoms with E-state index in [1.165, 1.54) is 6.07 Å². The number of aromatic amines is 1. The average molecular weight is 402 g/mol. The van der Waals surface area contributed by atoms with E-state index < -0.39 is 0 Å². The summed E-state index contributed by atoms with van der Waals surface area (Å²) in [6, 6.07) is 14.6. The zero-order valence-electron chi connectivity index (χ0n) is 17.2. The van der Waals surface area contributed by atoms with Gasteiger partial charge >= 0.3 is 0 Å². The number of amides is 1. The number of H-pyrrole nitrogens is 1. The first kappa shape index (κ1) is 19.4. The molecule has 0 atom stereocenters. The maximum absolute atomic E-state index is 13.3. The predicted octanol–water partition coefficient (Wildman–Crippen LogP) is 3.88. The Morgan fingerprint density at radius 3 is 2.50 bits per heavy atom. The molecule has 0 aliphatic rings. The summed E-state index contributed by atoms with van der Waals surface area (Å²) in [7, 11) is 1.59. The molecule has 2 aromatic carbocycles. The first-order valence-electron chi connectivity index (χ1n) is 9.53. The average Bonchev–Trinajstić information content (AvgIpc) is 3.10. The summed E-state index contributed by atoms with van der Waals surface area (Å²) in [5.74, 6) is 0.347. The number of rotatable bonds is 4. The Morgan fingerprint density at radius 2 is 1.80 bits per heavy atom. The number of aromatic nitrogens is 3. The van der Waals surface area contributed by atoms with Crippen molar-refractivity contribution >= 4 is 17.2 Å². The van der Waals surface area contributed by atoms with Gasteiger partial charge in [0.05, 0.1) is 12.7 Å². The maximum Gasteiger partial charge on any atom is 0.276 e. The first-order valence-corrected chi connectivity index (χ1v) is 9.53. The van der Waals surface area contributed by atoms with Crippen molar-refractivity contribution in [1.82, 2.24) is 14.6 Å². The monoisotopic (exact) mass is 402 g/mol. The molecule has 7 heteroatoms. The van der Waals surface area contributed by atoms with Gasteiger partial charge in [-0.15, -0.1) is 0 Å². The van der Waals surface area contributed by atoms with E-state index >= 15 is 0 Å². The van der Waals surface area contributed by atoms with E-state index in [-0.39, 0.29) is 17.2 Å². The van der Waals surface area contributed by atoms with Crippen LogP contribution in [0.3, 0.4) is 0 Å². The van der Waals surface area contributed by atoms with Crippen LogP contribution in [-0.4, -0.2) is 27.6 Å². The fourth-order valence-electron chi connectivity index (χ4n) is 3.43. The second kappa shape index (κ2) is 7.51. The van der Waals surface area contributed by atoms with E-state index in [0.29, 0.717) is 22.7 Å². The van der Waals surface area contributed by atoms with Crippen LogP contribution in [0, 0.1) is 20.8 Å². The molecule has 0 bridgehead atoms. The minimum absolute atomic E-state index is 0.228. The summed E-state index contributed by atoms with van der Waals surface area (Å²) in [5, 5.41) is 7.49. The molecule has 2 aromatic heterocycles. The molecule has 0 aliphatic carbocycles. The summed E-state index contributed by atoms with van der Waals surface area (Å²) >= 11 is 0. The Morgan fingerprint density at radius 1 is 1.07 bits per heavy atom. The number of ether oxygens (including phenoxy) is 1. The van der Waals surface area contributed by atoms with E-state index in [4.69, 9.17) is 4.74 Å². The van der Waals surface area contributed by atoms with Crippen molar-refractivity contribution in [3.8, 4) is 16.9 Å². The zero-order valence-corrected chi connectivity index (χ0v) is 17.2. The third kappa shape index (κ3) is 3.45. The number of nitrogens with one attached hydrogen (secondary N) is 2. The molecule has 0 spiro atoms. The number of anilines is 1. The lowest BCUT2D eigenvalue weighted by atomic mass is 10.0. The van der Waals surface area contributed by atoms with Crippen molar-refractivity contribution in [1.29, 1.82) is 0 Å². The lowest BCUT2D eigenvalue weighted by Crippen LogP contribution is -2.15. The van der Waals surface area contributed by atoms with Gasteiger partial charge in [-0.2, -0.15) is 5.10 Å². The van der Waals surface area contributed by atoms with Crippen molar-refractivity contribution in [2.45, 2.75) is 20.8 Å². The Hall–Kier alpha value is -3.87. The van der Waals surface area contributed by atoms with Crippen LogP contribution in [0.25, 0.3) is 16.8 Å². The Kier molecular flexibility index (Phi) is 4.87. The second-order valence-electron chi connectivity index (χ2n) is 7.26. The fraction of sp³-hybridized carbons (Fsp3) is 0.174. The smallest absolute Gasteiger partial charge is 0.276 e. The highest BCUT2D eigenvalue weighted by Gasteiger charge is 2.23. The van der Waals surface area contributed by atoms with Crippen LogP contribution in [0.2, 0.25) is 0 Å². The number of carbonyl (C=O) groups excluding carboxylic acids is 1. The topological polar surface area (TPSA) is 88.5 Å². The minimum atomic E-state index is -0.349. The van der Waals surface area contributed by atoms with Crippen LogP contribution in [0.5, 0.6) is 5.75 Å². The van der Waals surface area contributed by atoms with Crippen molar-refractivity contribution < 1.29 is 9.53 Å². The molecule has 2 N–H and O–H groups in total. The van der Waals surface area contributed by atoms with Crippen molar-refractivity contribution in [3.05, 3.63) is 81.4 Å². The molecule has 0 unspecified atom stereocenters. The molecule has 0 saturated heterocycles. The highest BCUT2D eigenvalue weighted by atomic mass is 16.5. The zero-order chi connectivity index (χ0) is 21.4. The third-order valence-corrected chi connectivity index (χ3v) is 5.04. The quantitative estimate of drug-likeness (QED) is 0.542. The Balaban J connectivity index is 1.89. The van der Waals surface area contributed by atoms with E-state index in [1.54, 1.807) is 30.7 Å². The van der Waals surface area contributed by atoms with Gasteiger partial charge in [0.25, 0.3) is 11.5 Å². The standard InChI is InChI=1S/C23H22N4O3/c1-13-5-6-14(2)18(11-13)24-23(29)21-20(16-7-9-17(30-4)10-8-16)22-25-19(28)12-15(3)27(22)26-21/h5-12H,1-4H3,(H,24,29)(H,25,28). The van der Waals surface area contributed by atoms with Gasteiger partial charge in [-0.05, 0) is 55.7 Å². The fourth-order valence-corrected chi connectivity index (χ4v) is 3.43. The number of benzene rings is 2. The Labute approximate surface area is 173 Å². The van der Waals surface area contributed by atoms with E-state index in [1.807, 2.05) is 44.2 Å². The third-order valence-electron chi connectivity index (χ3n) is 5.04. The normalized spacial score (nSPS) is 10.9. The van der Waals surface area contributed by atoms with Crippen molar-refractivity contribution in [2.24, 2.45) is 0 Å². The van der Waals surface area contributed by atoms with Crippen LogP contribution in [0.15, 0.2) is 53.3 Å². The molecule has 0 aliphatic heterocycles. The van der Waals surface area contributed by atoms with Crippen LogP contribution in [-0.2, 0) is 0 Å². The number of aryl methyl sites for hydroxylation is 3. The molecule has 0 fully saturated rings. The van der Waals surface area contributed by atoms with Crippen LogP contribution < -0.4 is 15.6 Å². The molecule has 2 heterocycles. The summed E-state index contributed by atoms with van der Waals surface area (Å²) in [6.45, 7) is 5.68. The molecule has 30 heavy (non-hydrogen) atoms. The number of nitrogens with zero attached hydrogens (tertiary/aromatic N) is 2. The summed E-state index contributed by atoms with van der Waals surface area (Å²) in [6.07, 6.45) is 0. The SMILES string of the molecule is COc1ccc(-c2c(C(=O)Nc3cc(C)ccc3C)nn3c(C)cc(=O)[nH]c23)cc1. The molecule has 4 rings (SSSR count).